The Morgan fingerprint density at radius 3 is 3.00 bits per heavy atom. The van der Waals surface area contributed by atoms with Gasteiger partial charge in [-0.1, -0.05) is 0 Å². The van der Waals surface area contributed by atoms with Crippen LogP contribution in [0.2, 0.25) is 0 Å². The van der Waals surface area contributed by atoms with Crippen molar-refractivity contribution in [2.75, 3.05) is 0 Å². The number of carbonyl (C=O) groups excluding carboxylic acids is 1. The molecule has 0 fully saturated rings. The summed E-state index contributed by atoms with van der Waals surface area (Å²) >= 11 is 0. The minimum atomic E-state index is 0.223. The van der Waals surface area contributed by atoms with E-state index in [1.807, 2.05) is 12.3 Å². The van der Waals surface area contributed by atoms with Gasteiger partial charge in [0.25, 0.3) is 0 Å². The largest absolute Gasteiger partial charge is 0.384 e. The van der Waals surface area contributed by atoms with Gasteiger partial charge in [0.15, 0.2) is 5.78 Å². The Labute approximate surface area is 89.2 Å². The average Bonchev–Trinajstić information content (AvgIpc) is 2.63. The fourth-order valence-corrected chi connectivity index (χ4v) is 1.63. The Bertz CT molecular complexity index is 410. The summed E-state index contributed by atoms with van der Waals surface area (Å²) in [4.78, 5) is 15.1. The van der Waals surface area contributed by atoms with Crippen molar-refractivity contribution in [3.05, 3.63) is 41.4 Å². The molecule has 1 aromatic rings. The lowest BCUT2D eigenvalue weighted by Gasteiger charge is -2.08. The summed E-state index contributed by atoms with van der Waals surface area (Å²) in [6.07, 6.45) is 6.84. The van der Waals surface area contributed by atoms with Crippen molar-refractivity contribution < 1.29 is 4.79 Å². The third-order valence-electron chi connectivity index (χ3n) is 2.63. The van der Waals surface area contributed by atoms with Crippen LogP contribution in [0, 0.1) is 6.92 Å². The monoisotopic (exact) mass is 202 g/mol. The molecule has 0 aromatic carbocycles. The standard InChI is InChI=1S/C12H14N2O/c1-9-4-5-13-7-10(9)8-14-11-2-3-12(15)6-11/h4-7,14H,2-3,8H2,1H3. The summed E-state index contributed by atoms with van der Waals surface area (Å²) in [5, 5.41) is 3.27. The zero-order chi connectivity index (χ0) is 10.7. The molecule has 78 valence electrons. The molecule has 3 heteroatoms. The van der Waals surface area contributed by atoms with Crippen LogP contribution in [0.5, 0.6) is 0 Å². The number of hydrogen-bond donors (Lipinski definition) is 1. The number of ketones is 1. The summed E-state index contributed by atoms with van der Waals surface area (Å²) in [6.45, 7) is 2.81. The van der Waals surface area contributed by atoms with Crippen LogP contribution < -0.4 is 5.32 Å². The van der Waals surface area contributed by atoms with Gasteiger partial charge in [-0.25, -0.2) is 0 Å². The minimum absolute atomic E-state index is 0.223. The maximum absolute atomic E-state index is 11.0. The zero-order valence-corrected chi connectivity index (χ0v) is 8.79. The SMILES string of the molecule is Cc1ccncc1CNC1=CC(=O)CC1. The fourth-order valence-electron chi connectivity index (χ4n) is 1.63. The lowest BCUT2D eigenvalue weighted by Crippen LogP contribution is -2.12. The van der Waals surface area contributed by atoms with Crippen LogP contribution in [-0.2, 0) is 11.3 Å². The first-order chi connectivity index (χ1) is 7.25. The highest BCUT2D eigenvalue weighted by atomic mass is 16.1. The van der Waals surface area contributed by atoms with Crippen LogP contribution in [0.15, 0.2) is 30.2 Å². The van der Waals surface area contributed by atoms with Crippen molar-refractivity contribution >= 4 is 5.78 Å². The minimum Gasteiger partial charge on any atom is -0.384 e. The molecule has 0 saturated carbocycles. The first kappa shape index (κ1) is 9.90. The summed E-state index contributed by atoms with van der Waals surface area (Å²) in [7, 11) is 0. The van der Waals surface area contributed by atoms with E-state index in [0.29, 0.717) is 6.42 Å². The molecule has 0 atom stereocenters. The fraction of sp³-hybridized carbons (Fsp3) is 0.333. The highest BCUT2D eigenvalue weighted by Crippen LogP contribution is 2.13. The van der Waals surface area contributed by atoms with Crippen LogP contribution >= 0.6 is 0 Å². The molecule has 0 radical (unpaired) electrons. The van der Waals surface area contributed by atoms with Crippen LogP contribution in [0.1, 0.15) is 24.0 Å². The second kappa shape index (κ2) is 4.26. The van der Waals surface area contributed by atoms with E-state index in [1.165, 1.54) is 11.1 Å². The highest BCUT2D eigenvalue weighted by molar-refractivity contribution is 5.92. The molecule has 0 spiro atoms. The van der Waals surface area contributed by atoms with Crippen molar-refractivity contribution in [1.29, 1.82) is 0 Å². The molecular formula is C12H14N2O. The number of aromatic nitrogens is 1. The van der Waals surface area contributed by atoms with Gasteiger partial charge in [0.05, 0.1) is 0 Å². The van der Waals surface area contributed by atoms with E-state index in [4.69, 9.17) is 0 Å². The van der Waals surface area contributed by atoms with Gasteiger partial charge in [0, 0.05) is 37.1 Å². The van der Waals surface area contributed by atoms with Gasteiger partial charge < -0.3 is 5.32 Å². The third-order valence-corrected chi connectivity index (χ3v) is 2.63. The molecule has 1 aromatic heterocycles. The topological polar surface area (TPSA) is 42.0 Å². The Morgan fingerprint density at radius 2 is 2.33 bits per heavy atom. The third kappa shape index (κ3) is 2.43. The molecule has 0 amide bonds. The first-order valence-corrected chi connectivity index (χ1v) is 5.12. The van der Waals surface area contributed by atoms with Crippen molar-refractivity contribution in [3.63, 3.8) is 0 Å². The number of hydrogen-bond acceptors (Lipinski definition) is 3. The van der Waals surface area contributed by atoms with Gasteiger partial charge in [-0.15, -0.1) is 0 Å². The van der Waals surface area contributed by atoms with Crippen molar-refractivity contribution in [2.24, 2.45) is 0 Å². The van der Waals surface area contributed by atoms with E-state index in [9.17, 15) is 4.79 Å². The van der Waals surface area contributed by atoms with E-state index in [1.54, 1.807) is 12.3 Å². The molecular weight excluding hydrogens is 188 g/mol. The Kier molecular flexibility index (Phi) is 2.81. The second-order valence-corrected chi connectivity index (χ2v) is 3.79. The predicted molar refractivity (Wildman–Crippen MR) is 58.1 cm³/mol. The quantitative estimate of drug-likeness (QED) is 0.811. The number of aryl methyl sites for hydroxylation is 1. The van der Waals surface area contributed by atoms with Crippen molar-refractivity contribution in [2.45, 2.75) is 26.3 Å². The number of allylic oxidation sites excluding steroid dienone is 2. The predicted octanol–water partition coefficient (Wildman–Crippen LogP) is 1.73. The van der Waals surface area contributed by atoms with E-state index >= 15 is 0 Å². The maximum Gasteiger partial charge on any atom is 0.157 e. The molecule has 0 bridgehead atoms. The molecule has 0 saturated heterocycles. The lowest BCUT2D eigenvalue weighted by molar-refractivity contribution is -0.114. The molecule has 1 aliphatic rings. The smallest absolute Gasteiger partial charge is 0.157 e. The van der Waals surface area contributed by atoms with Gasteiger partial charge in [0.2, 0.25) is 0 Å². The molecule has 15 heavy (non-hydrogen) atoms. The van der Waals surface area contributed by atoms with Crippen molar-refractivity contribution in [3.8, 4) is 0 Å². The lowest BCUT2D eigenvalue weighted by atomic mass is 10.1. The number of carbonyl (C=O) groups is 1. The molecule has 0 aliphatic heterocycles. The van der Waals surface area contributed by atoms with Gasteiger partial charge in [0.1, 0.15) is 0 Å². The van der Waals surface area contributed by atoms with Crippen LogP contribution in [0.3, 0.4) is 0 Å². The number of nitrogens with one attached hydrogen (secondary N) is 1. The number of pyridine rings is 1. The summed E-state index contributed by atoms with van der Waals surface area (Å²) < 4.78 is 0. The maximum atomic E-state index is 11.0. The number of rotatable bonds is 3. The summed E-state index contributed by atoms with van der Waals surface area (Å²) in [6, 6.07) is 1.99. The van der Waals surface area contributed by atoms with E-state index in [2.05, 4.69) is 17.2 Å². The van der Waals surface area contributed by atoms with Crippen LogP contribution in [0.25, 0.3) is 0 Å². The highest BCUT2D eigenvalue weighted by Gasteiger charge is 2.11. The summed E-state index contributed by atoms with van der Waals surface area (Å²) in [5.74, 6) is 0.223. The molecule has 1 aliphatic carbocycles. The van der Waals surface area contributed by atoms with Crippen molar-refractivity contribution in [1.82, 2.24) is 10.3 Å². The Balaban J connectivity index is 1.97. The second-order valence-electron chi connectivity index (χ2n) is 3.79. The number of nitrogens with zero attached hydrogens (tertiary/aromatic N) is 1. The summed E-state index contributed by atoms with van der Waals surface area (Å²) in [5.41, 5.74) is 3.45. The van der Waals surface area contributed by atoms with E-state index in [-0.39, 0.29) is 5.78 Å². The Hall–Kier alpha value is -1.64. The molecule has 1 heterocycles. The first-order valence-electron chi connectivity index (χ1n) is 5.12. The van der Waals surface area contributed by atoms with E-state index in [0.717, 1.165) is 18.7 Å². The van der Waals surface area contributed by atoms with Gasteiger partial charge >= 0.3 is 0 Å². The Morgan fingerprint density at radius 1 is 1.47 bits per heavy atom. The molecule has 3 nitrogen and oxygen atoms in total. The molecule has 2 rings (SSSR count). The van der Waals surface area contributed by atoms with Crippen LogP contribution in [-0.4, -0.2) is 10.8 Å². The normalized spacial score (nSPS) is 15.3. The van der Waals surface area contributed by atoms with Gasteiger partial charge in [-0.3, -0.25) is 9.78 Å². The van der Waals surface area contributed by atoms with Gasteiger partial charge in [-0.2, -0.15) is 0 Å². The van der Waals surface area contributed by atoms with Gasteiger partial charge in [-0.05, 0) is 30.5 Å². The van der Waals surface area contributed by atoms with E-state index < -0.39 is 0 Å². The zero-order valence-electron chi connectivity index (χ0n) is 8.79. The average molecular weight is 202 g/mol. The molecule has 0 unspecified atom stereocenters. The molecule has 1 N–H and O–H groups in total. The van der Waals surface area contributed by atoms with Crippen LogP contribution in [0.4, 0.5) is 0 Å².